The van der Waals surface area contributed by atoms with E-state index >= 15 is 0 Å². The van der Waals surface area contributed by atoms with Crippen molar-refractivity contribution in [3.05, 3.63) is 33.8 Å². The molecule has 0 saturated carbocycles. The van der Waals surface area contributed by atoms with E-state index in [1.807, 2.05) is 0 Å². The summed E-state index contributed by atoms with van der Waals surface area (Å²) in [5.41, 5.74) is 0.627. The smallest absolute Gasteiger partial charge is 0.304 e. The topological polar surface area (TPSA) is 26.3 Å². The molecular formula is C11H8Cl2O2. The van der Waals surface area contributed by atoms with Crippen molar-refractivity contribution in [1.82, 2.24) is 0 Å². The molecule has 0 aliphatic rings. The van der Waals surface area contributed by atoms with Gasteiger partial charge in [0.1, 0.15) is 0 Å². The molecular weight excluding hydrogens is 235 g/mol. The number of rotatable bonds is 2. The highest BCUT2D eigenvalue weighted by molar-refractivity contribution is 6.42. The summed E-state index contributed by atoms with van der Waals surface area (Å²) in [5, 5.41) is 0.806. The maximum absolute atomic E-state index is 10.8. The second kappa shape index (κ2) is 5.06. The Bertz CT molecular complexity index is 421. The van der Waals surface area contributed by atoms with Crippen LogP contribution < -0.4 is 0 Å². The third kappa shape index (κ3) is 3.16. The van der Waals surface area contributed by atoms with Gasteiger partial charge in [-0.2, -0.15) is 0 Å². The zero-order valence-electron chi connectivity index (χ0n) is 7.96. The number of terminal acetylenes is 1. The molecule has 0 saturated heterocycles. The fourth-order valence-corrected chi connectivity index (χ4v) is 1.35. The maximum atomic E-state index is 10.8. The third-order valence-electron chi connectivity index (χ3n) is 1.68. The van der Waals surface area contributed by atoms with E-state index in [1.54, 1.807) is 18.2 Å². The molecule has 1 aromatic rings. The van der Waals surface area contributed by atoms with E-state index in [1.165, 1.54) is 6.92 Å². The van der Waals surface area contributed by atoms with Gasteiger partial charge in [0.25, 0.3) is 0 Å². The second-order valence-electron chi connectivity index (χ2n) is 2.83. The minimum Gasteiger partial charge on any atom is -0.444 e. The largest absolute Gasteiger partial charge is 0.444 e. The highest BCUT2D eigenvalue weighted by Crippen LogP contribution is 2.26. The zero-order valence-corrected chi connectivity index (χ0v) is 9.47. The van der Waals surface area contributed by atoms with Crippen LogP contribution in [0.1, 0.15) is 18.6 Å². The first-order valence-corrected chi connectivity index (χ1v) is 4.88. The van der Waals surface area contributed by atoms with E-state index in [-0.39, 0.29) is 0 Å². The zero-order chi connectivity index (χ0) is 11.4. The molecule has 1 rings (SSSR count). The normalized spacial score (nSPS) is 11.6. The van der Waals surface area contributed by atoms with Gasteiger partial charge in [-0.05, 0) is 12.1 Å². The van der Waals surface area contributed by atoms with E-state index in [9.17, 15) is 4.79 Å². The van der Waals surface area contributed by atoms with E-state index in [0.717, 1.165) is 0 Å². The van der Waals surface area contributed by atoms with Crippen molar-refractivity contribution in [3.8, 4) is 12.3 Å². The first kappa shape index (κ1) is 11.9. The van der Waals surface area contributed by atoms with Crippen molar-refractivity contribution in [2.75, 3.05) is 0 Å². The van der Waals surface area contributed by atoms with Gasteiger partial charge in [-0.25, -0.2) is 0 Å². The Morgan fingerprint density at radius 1 is 1.47 bits per heavy atom. The molecule has 15 heavy (non-hydrogen) atoms. The van der Waals surface area contributed by atoms with E-state index in [0.29, 0.717) is 15.6 Å². The molecule has 0 bridgehead atoms. The van der Waals surface area contributed by atoms with Crippen molar-refractivity contribution in [2.45, 2.75) is 13.0 Å². The number of benzene rings is 1. The fourth-order valence-electron chi connectivity index (χ4n) is 1.04. The fraction of sp³-hybridized carbons (Fsp3) is 0.182. The molecule has 1 atom stereocenters. The van der Waals surface area contributed by atoms with E-state index < -0.39 is 12.1 Å². The molecule has 0 spiro atoms. The number of hydrogen-bond donors (Lipinski definition) is 0. The first-order chi connectivity index (χ1) is 7.04. The molecule has 0 heterocycles. The molecule has 0 aliphatic carbocycles. The lowest BCUT2D eigenvalue weighted by atomic mass is 10.1. The van der Waals surface area contributed by atoms with Gasteiger partial charge in [-0.15, -0.1) is 6.42 Å². The van der Waals surface area contributed by atoms with Gasteiger partial charge in [0.2, 0.25) is 0 Å². The van der Waals surface area contributed by atoms with Gasteiger partial charge in [-0.3, -0.25) is 4.79 Å². The molecule has 0 N–H and O–H groups in total. The molecule has 0 fully saturated rings. The van der Waals surface area contributed by atoms with Gasteiger partial charge >= 0.3 is 5.97 Å². The van der Waals surface area contributed by atoms with Crippen LogP contribution in [0.2, 0.25) is 10.0 Å². The first-order valence-electron chi connectivity index (χ1n) is 4.13. The van der Waals surface area contributed by atoms with Crippen molar-refractivity contribution < 1.29 is 9.53 Å². The van der Waals surface area contributed by atoms with Gasteiger partial charge < -0.3 is 4.74 Å². The third-order valence-corrected chi connectivity index (χ3v) is 2.42. The summed E-state index contributed by atoms with van der Waals surface area (Å²) >= 11 is 11.6. The monoisotopic (exact) mass is 242 g/mol. The Balaban J connectivity index is 2.98. The Morgan fingerprint density at radius 3 is 2.60 bits per heavy atom. The molecule has 0 amide bonds. The van der Waals surface area contributed by atoms with E-state index in [4.69, 9.17) is 34.4 Å². The Kier molecular flexibility index (Phi) is 4.02. The summed E-state index contributed by atoms with van der Waals surface area (Å²) in [6.45, 7) is 1.29. The van der Waals surface area contributed by atoms with Crippen LogP contribution in [0, 0.1) is 12.3 Å². The Labute approximate surface area is 98.1 Å². The van der Waals surface area contributed by atoms with Gasteiger partial charge in [0, 0.05) is 12.5 Å². The van der Waals surface area contributed by atoms with Crippen LogP contribution >= 0.6 is 23.2 Å². The minimum atomic E-state index is -0.725. The number of carbonyl (C=O) groups is 1. The van der Waals surface area contributed by atoms with Crippen molar-refractivity contribution >= 4 is 29.2 Å². The van der Waals surface area contributed by atoms with Crippen LogP contribution in [-0.4, -0.2) is 5.97 Å². The van der Waals surface area contributed by atoms with Gasteiger partial charge in [-0.1, -0.05) is 35.2 Å². The summed E-state index contributed by atoms with van der Waals surface area (Å²) in [7, 11) is 0. The number of esters is 1. The van der Waals surface area contributed by atoms with Gasteiger partial charge in [0.05, 0.1) is 10.0 Å². The lowest BCUT2D eigenvalue weighted by Crippen LogP contribution is -2.06. The predicted octanol–water partition coefficient (Wildman–Crippen LogP) is 3.23. The van der Waals surface area contributed by atoms with Crippen molar-refractivity contribution in [2.24, 2.45) is 0 Å². The standard InChI is InChI=1S/C11H8Cl2O2/c1-3-11(15-7(2)14)8-4-5-9(12)10(13)6-8/h1,4-6,11H,2H3. The molecule has 1 aromatic carbocycles. The average Bonchev–Trinajstić information content (AvgIpc) is 2.18. The Morgan fingerprint density at radius 2 is 2.13 bits per heavy atom. The van der Waals surface area contributed by atoms with Crippen LogP contribution in [0.3, 0.4) is 0 Å². The van der Waals surface area contributed by atoms with Crippen LogP contribution in [0.5, 0.6) is 0 Å². The maximum Gasteiger partial charge on any atom is 0.304 e. The van der Waals surface area contributed by atoms with Crippen LogP contribution in [-0.2, 0) is 9.53 Å². The second-order valence-corrected chi connectivity index (χ2v) is 3.64. The number of carbonyl (C=O) groups excluding carboxylic acids is 1. The summed E-state index contributed by atoms with van der Waals surface area (Å²) in [6.07, 6.45) is 4.51. The Hall–Kier alpha value is -1.17. The van der Waals surface area contributed by atoms with Crippen LogP contribution in [0.25, 0.3) is 0 Å². The lowest BCUT2D eigenvalue weighted by Gasteiger charge is -2.11. The lowest BCUT2D eigenvalue weighted by molar-refractivity contribution is -0.144. The average molecular weight is 243 g/mol. The molecule has 0 aliphatic heterocycles. The van der Waals surface area contributed by atoms with E-state index in [2.05, 4.69) is 5.92 Å². The highest BCUT2D eigenvalue weighted by atomic mass is 35.5. The molecule has 2 nitrogen and oxygen atoms in total. The summed E-state index contributed by atoms with van der Waals surface area (Å²) in [4.78, 5) is 10.8. The summed E-state index contributed by atoms with van der Waals surface area (Å²) in [6, 6.07) is 4.85. The van der Waals surface area contributed by atoms with Crippen molar-refractivity contribution in [1.29, 1.82) is 0 Å². The molecule has 78 valence electrons. The number of hydrogen-bond acceptors (Lipinski definition) is 2. The van der Waals surface area contributed by atoms with Gasteiger partial charge in [0.15, 0.2) is 6.10 Å². The quantitative estimate of drug-likeness (QED) is 0.588. The summed E-state index contributed by atoms with van der Waals surface area (Å²) < 4.78 is 4.90. The molecule has 0 radical (unpaired) electrons. The van der Waals surface area contributed by atoms with Crippen LogP contribution in [0.4, 0.5) is 0 Å². The SMILES string of the molecule is C#CC(OC(C)=O)c1ccc(Cl)c(Cl)c1. The summed E-state index contributed by atoms with van der Waals surface area (Å²) in [5.74, 6) is 1.91. The predicted molar refractivity (Wildman–Crippen MR) is 59.8 cm³/mol. The molecule has 1 unspecified atom stereocenters. The molecule has 0 aromatic heterocycles. The number of ether oxygens (including phenoxy) is 1. The highest BCUT2D eigenvalue weighted by Gasteiger charge is 2.12. The van der Waals surface area contributed by atoms with Crippen LogP contribution in [0.15, 0.2) is 18.2 Å². The number of halogens is 2. The minimum absolute atomic E-state index is 0.376. The van der Waals surface area contributed by atoms with Crippen molar-refractivity contribution in [3.63, 3.8) is 0 Å². The molecule has 4 heteroatoms.